The second-order valence-electron chi connectivity index (χ2n) is 3.14. The second kappa shape index (κ2) is 4.48. The van der Waals surface area contributed by atoms with Crippen molar-refractivity contribution in [2.24, 2.45) is 0 Å². The summed E-state index contributed by atoms with van der Waals surface area (Å²) < 4.78 is 35.9. The topological polar surface area (TPSA) is 83.5 Å². The van der Waals surface area contributed by atoms with Gasteiger partial charge in [-0.15, -0.1) is 0 Å². The lowest BCUT2D eigenvalue weighted by atomic mass is 10.3. The van der Waals surface area contributed by atoms with Crippen LogP contribution in [0.1, 0.15) is 0 Å². The number of rotatable bonds is 4. The van der Waals surface area contributed by atoms with Crippen LogP contribution in [0.5, 0.6) is 0 Å². The van der Waals surface area contributed by atoms with E-state index in [9.17, 15) is 17.6 Å². The molecular formula is C9H10FNO4S. The third-order valence-corrected chi connectivity index (χ3v) is 2.92. The first-order valence-electron chi connectivity index (χ1n) is 4.26. The quantitative estimate of drug-likeness (QED) is 0.819. The zero-order chi connectivity index (χ0) is 12.3. The molecule has 0 saturated heterocycles. The highest BCUT2D eigenvalue weighted by molar-refractivity contribution is 7.90. The van der Waals surface area contributed by atoms with E-state index >= 15 is 0 Å². The minimum Gasteiger partial charge on any atom is -0.480 e. The number of hydrogen-bond donors (Lipinski definition) is 2. The molecule has 0 atom stereocenters. The third-order valence-electron chi connectivity index (χ3n) is 1.77. The van der Waals surface area contributed by atoms with Crippen molar-refractivity contribution < 1.29 is 22.7 Å². The molecule has 1 aromatic carbocycles. The van der Waals surface area contributed by atoms with Gasteiger partial charge in [0.25, 0.3) is 0 Å². The fourth-order valence-electron chi connectivity index (χ4n) is 1.20. The number of carboxylic acids is 1. The van der Waals surface area contributed by atoms with E-state index in [1.165, 1.54) is 12.1 Å². The number of nitrogens with one attached hydrogen (secondary N) is 1. The standard InChI is InChI=1S/C9H10FNO4S/c1-16(14,15)9-6(10)3-2-4-7(9)11-5-8(12)13/h2-4,11H,5H2,1H3,(H,12,13). The Labute approximate surface area is 91.8 Å². The van der Waals surface area contributed by atoms with E-state index in [0.717, 1.165) is 12.3 Å². The largest absolute Gasteiger partial charge is 0.480 e. The molecule has 16 heavy (non-hydrogen) atoms. The molecule has 0 spiro atoms. The van der Waals surface area contributed by atoms with Gasteiger partial charge in [0.15, 0.2) is 9.84 Å². The molecular weight excluding hydrogens is 237 g/mol. The summed E-state index contributed by atoms with van der Waals surface area (Å²) in [7, 11) is -3.74. The number of aliphatic carboxylic acids is 1. The minimum absolute atomic E-state index is 0.0510. The van der Waals surface area contributed by atoms with Gasteiger partial charge in [-0.2, -0.15) is 0 Å². The van der Waals surface area contributed by atoms with Crippen molar-refractivity contribution in [3.63, 3.8) is 0 Å². The zero-order valence-corrected chi connectivity index (χ0v) is 9.21. The first-order valence-corrected chi connectivity index (χ1v) is 6.15. The molecule has 0 aromatic heterocycles. The molecule has 1 rings (SSSR count). The second-order valence-corrected chi connectivity index (χ2v) is 5.09. The van der Waals surface area contributed by atoms with Gasteiger partial charge in [0.05, 0.1) is 5.69 Å². The fraction of sp³-hybridized carbons (Fsp3) is 0.222. The maximum absolute atomic E-state index is 13.3. The van der Waals surface area contributed by atoms with Crippen molar-refractivity contribution in [1.82, 2.24) is 0 Å². The van der Waals surface area contributed by atoms with Crippen LogP contribution in [0.2, 0.25) is 0 Å². The Hall–Kier alpha value is -1.63. The molecule has 0 aliphatic heterocycles. The first-order chi connectivity index (χ1) is 7.32. The van der Waals surface area contributed by atoms with E-state index in [4.69, 9.17) is 5.11 Å². The molecule has 88 valence electrons. The van der Waals surface area contributed by atoms with E-state index < -0.39 is 33.1 Å². The average Bonchev–Trinajstić information content (AvgIpc) is 2.12. The highest BCUT2D eigenvalue weighted by atomic mass is 32.2. The summed E-state index contributed by atoms with van der Waals surface area (Å²) in [6.07, 6.45) is 0.858. The van der Waals surface area contributed by atoms with Crippen LogP contribution >= 0.6 is 0 Å². The summed E-state index contributed by atoms with van der Waals surface area (Å²) >= 11 is 0. The van der Waals surface area contributed by atoms with Gasteiger partial charge in [0, 0.05) is 6.26 Å². The van der Waals surface area contributed by atoms with Gasteiger partial charge in [-0.3, -0.25) is 4.79 Å². The monoisotopic (exact) mass is 247 g/mol. The SMILES string of the molecule is CS(=O)(=O)c1c(F)cccc1NCC(=O)O. The first kappa shape index (κ1) is 12.4. The van der Waals surface area contributed by atoms with Crippen molar-refractivity contribution in [3.8, 4) is 0 Å². The Balaban J connectivity index is 3.19. The minimum atomic E-state index is -3.74. The molecule has 0 saturated carbocycles. The number of anilines is 1. The molecule has 0 fully saturated rings. The van der Waals surface area contributed by atoms with Crippen LogP contribution < -0.4 is 5.32 Å². The number of sulfone groups is 1. The van der Waals surface area contributed by atoms with E-state index in [-0.39, 0.29) is 5.69 Å². The van der Waals surface area contributed by atoms with E-state index in [1.807, 2.05) is 0 Å². The smallest absolute Gasteiger partial charge is 0.322 e. The highest BCUT2D eigenvalue weighted by Gasteiger charge is 2.18. The summed E-state index contributed by atoms with van der Waals surface area (Å²) in [5, 5.41) is 10.8. The molecule has 2 N–H and O–H groups in total. The van der Waals surface area contributed by atoms with Crippen LogP contribution in [0.4, 0.5) is 10.1 Å². The normalized spacial score (nSPS) is 11.1. The van der Waals surface area contributed by atoms with Gasteiger partial charge in [-0.25, -0.2) is 12.8 Å². The van der Waals surface area contributed by atoms with Crippen LogP contribution in [0.15, 0.2) is 23.1 Å². The predicted molar refractivity (Wildman–Crippen MR) is 55.6 cm³/mol. The van der Waals surface area contributed by atoms with Crippen molar-refractivity contribution in [2.75, 3.05) is 18.1 Å². The lowest BCUT2D eigenvalue weighted by Gasteiger charge is -2.09. The summed E-state index contributed by atoms with van der Waals surface area (Å²) in [5.74, 6) is -2.07. The van der Waals surface area contributed by atoms with Gasteiger partial charge in [-0.1, -0.05) is 6.07 Å². The lowest BCUT2D eigenvalue weighted by molar-refractivity contribution is -0.134. The summed E-state index contributed by atoms with van der Waals surface area (Å²) in [4.78, 5) is 9.80. The van der Waals surface area contributed by atoms with E-state index in [2.05, 4.69) is 5.32 Å². The van der Waals surface area contributed by atoms with Crippen LogP contribution in [-0.2, 0) is 14.6 Å². The molecule has 1 aromatic rings. The third kappa shape index (κ3) is 2.93. The summed E-state index contributed by atoms with van der Waals surface area (Å²) in [6, 6.07) is 3.61. The van der Waals surface area contributed by atoms with Crippen molar-refractivity contribution in [2.45, 2.75) is 4.90 Å². The molecule has 0 bridgehead atoms. The molecule has 0 aliphatic carbocycles. The Morgan fingerprint density at radius 3 is 2.62 bits per heavy atom. The Morgan fingerprint density at radius 1 is 1.50 bits per heavy atom. The van der Waals surface area contributed by atoms with Gasteiger partial charge in [-0.05, 0) is 12.1 Å². The predicted octanol–water partition coefficient (Wildman–Crippen LogP) is 0.726. The molecule has 0 radical (unpaired) electrons. The van der Waals surface area contributed by atoms with Crippen molar-refractivity contribution in [3.05, 3.63) is 24.0 Å². The van der Waals surface area contributed by atoms with E-state index in [0.29, 0.717) is 0 Å². The molecule has 7 heteroatoms. The van der Waals surface area contributed by atoms with Crippen molar-refractivity contribution in [1.29, 1.82) is 0 Å². The highest BCUT2D eigenvalue weighted by Crippen LogP contribution is 2.23. The Morgan fingerprint density at radius 2 is 2.12 bits per heavy atom. The number of carboxylic acid groups (broad SMARTS) is 1. The average molecular weight is 247 g/mol. The number of halogens is 1. The fourth-order valence-corrected chi connectivity index (χ4v) is 2.16. The van der Waals surface area contributed by atoms with E-state index in [1.54, 1.807) is 0 Å². The molecule has 0 aliphatic rings. The van der Waals surface area contributed by atoms with Crippen LogP contribution in [0.3, 0.4) is 0 Å². The Bertz CT molecular complexity index is 512. The Kier molecular flexibility index (Phi) is 3.48. The van der Waals surface area contributed by atoms with Gasteiger partial charge in [0.1, 0.15) is 17.3 Å². The van der Waals surface area contributed by atoms with Crippen LogP contribution in [0, 0.1) is 5.82 Å². The van der Waals surface area contributed by atoms with Crippen molar-refractivity contribution >= 4 is 21.5 Å². The van der Waals surface area contributed by atoms with Crippen LogP contribution in [0.25, 0.3) is 0 Å². The lowest BCUT2D eigenvalue weighted by Crippen LogP contribution is -2.15. The van der Waals surface area contributed by atoms with Gasteiger partial charge >= 0.3 is 5.97 Å². The molecule has 0 amide bonds. The summed E-state index contributed by atoms with van der Waals surface area (Å²) in [6.45, 7) is -0.480. The van der Waals surface area contributed by atoms with Gasteiger partial charge < -0.3 is 10.4 Å². The number of hydrogen-bond acceptors (Lipinski definition) is 4. The van der Waals surface area contributed by atoms with Gasteiger partial charge in [0.2, 0.25) is 0 Å². The maximum atomic E-state index is 13.3. The van der Waals surface area contributed by atoms with Crippen LogP contribution in [-0.4, -0.2) is 32.3 Å². The number of benzene rings is 1. The number of carbonyl (C=O) groups is 1. The maximum Gasteiger partial charge on any atom is 0.322 e. The molecule has 5 nitrogen and oxygen atoms in total. The zero-order valence-electron chi connectivity index (χ0n) is 8.40. The molecule has 0 heterocycles. The summed E-state index contributed by atoms with van der Waals surface area (Å²) in [5.41, 5.74) is -0.0510. The molecule has 0 unspecified atom stereocenters.